The van der Waals surface area contributed by atoms with Crippen molar-refractivity contribution in [2.75, 3.05) is 5.32 Å². The molecule has 33 heavy (non-hydrogen) atoms. The predicted octanol–water partition coefficient (Wildman–Crippen LogP) is 3.47. The number of hydrogen-bond donors (Lipinski definition) is 2. The Labute approximate surface area is 190 Å². The molecule has 2 amide bonds. The highest BCUT2D eigenvalue weighted by Crippen LogP contribution is 2.12. The Hall–Kier alpha value is -4.52. The largest absolute Gasteiger partial charge is 0.348 e. The normalized spacial score (nSPS) is 10.4. The number of nitrogens with zero attached hydrogens (tertiary/aromatic N) is 2. The van der Waals surface area contributed by atoms with Crippen LogP contribution >= 0.6 is 0 Å². The lowest BCUT2D eigenvalue weighted by molar-refractivity contribution is 0.0947. The smallest absolute Gasteiger partial charge is 0.263 e. The number of benzene rings is 2. The third-order valence-electron chi connectivity index (χ3n) is 5.04. The average molecular weight is 438 g/mol. The lowest BCUT2D eigenvalue weighted by atomic mass is 10.1. The van der Waals surface area contributed by atoms with E-state index < -0.39 is 5.91 Å². The van der Waals surface area contributed by atoms with Crippen LogP contribution in [0.3, 0.4) is 0 Å². The van der Waals surface area contributed by atoms with Gasteiger partial charge in [-0.15, -0.1) is 0 Å². The molecule has 0 unspecified atom stereocenters. The highest BCUT2D eigenvalue weighted by atomic mass is 16.2. The minimum atomic E-state index is -0.450. The second-order valence-corrected chi connectivity index (χ2v) is 7.41. The lowest BCUT2D eigenvalue weighted by Gasteiger charge is -2.10. The van der Waals surface area contributed by atoms with E-state index >= 15 is 0 Å². The zero-order chi connectivity index (χ0) is 23.0. The number of aromatic nitrogens is 2. The molecule has 0 atom stereocenters. The third-order valence-corrected chi connectivity index (χ3v) is 5.04. The summed E-state index contributed by atoms with van der Waals surface area (Å²) in [5.41, 5.74) is 2.60. The monoisotopic (exact) mass is 438 g/mol. The quantitative estimate of drug-likeness (QED) is 0.462. The summed E-state index contributed by atoms with van der Waals surface area (Å²) in [6, 6.07) is 23.2. The van der Waals surface area contributed by atoms with Crippen LogP contribution in [0.4, 0.5) is 5.69 Å². The van der Waals surface area contributed by atoms with E-state index in [-0.39, 0.29) is 23.6 Å². The van der Waals surface area contributed by atoms with Gasteiger partial charge in [0.05, 0.1) is 6.54 Å². The predicted molar refractivity (Wildman–Crippen MR) is 126 cm³/mol. The zero-order valence-electron chi connectivity index (χ0n) is 17.8. The fourth-order valence-electron chi connectivity index (χ4n) is 3.36. The number of nitrogens with one attached hydrogen (secondary N) is 2. The van der Waals surface area contributed by atoms with Crippen molar-refractivity contribution >= 4 is 17.5 Å². The van der Waals surface area contributed by atoms with Crippen LogP contribution in [0, 0.1) is 0 Å². The van der Waals surface area contributed by atoms with Crippen molar-refractivity contribution in [1.82, 2.24) is 14.9 Å². The van der Waals surface area contributed by atoms with Gasteiger partial charge < -0.3 is 15.2 Å². The summed E-state index contributed by atoms with van der Waals surface area (Å²) in [4.78, 5) is 41.7. The molecule has 4 rings (SSSR count). The van der Waals surface area contributed by atoms with Gasteiger partial charge in [0, 0.05) is 36.4 Å². The van der Waals surface area contributed by atoms with Crippen LogP contribution in [0.1, 0.15) is 31.8 Å². The number of rotatable bonds is 7. The van der Waals surface area contributed by atoms with Crippen molar-refractivity contribution in [3.8, 4) is 0 Å². The van der Waals surface area contributed by atoms with Crippen LogP contribution in [0.25, 0.3) is 0 Å². The van der Waals surface area contributed by atoms with Gasteiger partial charge in [-0.3, -0.25) is 19.4 Å². The van der Waals surface area contributed by atoms with Crippen molar-refractivity contribution in [2.24, 2.45) is 0 Å². The molecule has 0 spiro atoms. The van der Waals surface area contributed by atoms with Crippen LogP contribution in [-0.2, 0) is 13.1 Å². The van der Waals surface area contributed by atoms with E-state index in [0.717, 1.165) is 11.1 Å². The number of carbonyl (C=O) groups is 2. The van der Waals surface area contributed by atoms with Gasteiger partial charge in [-0.1, -0.05) is 42.5 Å². The third kappa shape index (κ3) is 5.59. The molecule has 0 aliphatic carbocycles. The Balaban J connectivity index is 1.41. The zero-order valence-corrected chi connectivity index (χ0v) is 17.8. The molecule has 0 radical (unpaired) electrons. The summed E-state index contributed by atoms with van der Waals surface area (Å²) in [6.07, 6.45) is 4.78. The second kappa shape index (κ2) is 10.2. The average Bonchev–Trinajstić information content (AvgIpc) is 2.85. The van der Waals surface area contributed by atoms with E-state index in [1.807, 2.05) is 36.4 Å². The van der Waals surface area contributed by atoms with Crippen LogP contribution < -0.4 is 16.2 Å². The molecule has 0 saturated heterocycles. The molecular weight excluding hydrogens is 416 g/mol. The number of carbonyl (C=O) groups excluding carboxylic acids is 2. The summed E-state index contributed by atoms with van der Waals surface area (Å²) in [5.74, 6) is -0.699. The Morgan fingerprint density at radius 3 is 2.36 bits per heavy atom. The fraction of sp³-hybridized carbons (Fsp3) is 0.0769. The van der Waals surface area contributed by atoms with Gasteiger partial charge in [0.15, 0.2) is 0 Å². The Morgan fingerprint density at radius 1 is 0.818 bits per heavy atom. The number of amides is 2. The Morgan fingerprint density at radius 2 is 1.58 bits per heavy atom. The molecule has 2 N–H and O–H groups in total. The summed E-state index contributed by atoms with van der Waals surface area (Å²) in [6.45, 7) is 0.602. The van der Waals surface area contributed by atoms with E-state index in [1.165, 1.54) is 10.6 Å². The van der Waals surface area contributed by atoms with Crippen LogP contribution in [-0.4, -0.2) is 21.4 Å². The Bertz CT molecular complexity index is 1320. The molecule has 2 aromatic heterocycles. The van der Waals surface area contributed by atoms with Crippen molar-refractivity contribution in [3.63, 3.8) is 0 Å². The highest BCUT2D eigenvalue weighted by molar-refractivity contribution is 6.04. The Kier molecular flexibility index (Phi) is 6.70. The molecule has 2 heterocycles. The summed E-state index contributed by atoms with van der Waals surface area (Å²) >= 11 is 0. The highest BCUT2D eigenvalue weighted by Gasteiger charge is 2.12. The summed E-state index contributed by atoms with van der Waals surface area (Å²) < 4.78 is 1.51. The van der Waals surface area contributed by atoms with Crippen LogP contribution in [0.15, 0.2) is 102 Å². The van der Waals surface area contributed by atoms with E-state index in [9.17, 15) is 14.4 Å². The number of pyridine rings is 2. The molecule has 0 fully saturated rings. The molecular formula is C26H22N4O3. The first kappa shape index (κ1) is 21.7. The molecule has 2 aromatic carbocycles. The topological polar surface area (TPSA) is 93.1 Å². The van der Waals surface area contributed by atoms with E-state index in [4.69, 9.17) is 0 Å². The van der Waals surface area contributed by atoms with Gasteiger partial charge in [-0.25, -0.2) is 0 Å². The van der Waals surface area contributed by atoms with Gasteiger partial charge in [0.1, 0.15) is 5.56 Å². The van der Waals surface area contributed by atoms with E-state index in [0.29, 0.717) is 17.8 Å². The van der Waals surface area contributed by atoms with E-state index in [1.54, 1.807) is 55.0 Å². The maximum atomic E-state index is 12.8. The van der Waals surface area contributed by atoms with Crippen LogP contribution in [0.2, 0.25) is 0 Å². The molecule has 4 aromatic rings. The molecule has 0 aliphatic heterocycles. The minimum Gasteiger partial charge on any atom is -0.348 e. The molecule has 0 bridgehead atoms. The van der Waals surface area contributed by atoms with Gasteiger partial charge in [-0.05, 0) is 47.5 Å². The van der Waals surface area contributed by atoms with E-state index in [2.05, 4.69) is 15.6 Å². The van der Waals surface area contributed by atoms with Crippen molar-refractivity contribution in [2.45, 2.75) is 13.1 Å². The molecule has 7 heteroatoms. The number of anilines is 1. The van der Waals surface area contributed by atoms with Crippen molar-refractivity contribution in [3.05, 3.63) is 130 Å². The SMILES string of the molecule is O=C(Nc1cccc(CNC(=O)c2cccn(Cc3ccccc3)c2=O)c1)c1ccncc1. The minimum absolute atomic E-state index is 0.0792. The first-order chi connectivity index (χ1) is 16.1. The van der Waals surface area contributed by atoms with Gasteiger partial charge in [-0.2, -0.15) is 0 Å². The van der Waals surface area contributed by atoms with Gasteiger partial charge in [0.2, 0.25) is 0 Å². The second-order valence-electron chi connectivity index (χ2n) is 7.41. The maximum Gasteiger partial charge on any atom is 0.263 e. The lowest BCUT2D eigenvalue weighted by Crippen LogP contribution is -2.32. The van der Waals surface area contributed by atoms with Crippen LogP contribution in [0.5, 0.6) is 0 Å². The van der Waals surface area contributed by atoms with Crippen molar-refractivity contribution < 1.29 is 9.59 Å². The first-order valence-corrected chi connectivity index (χ1v) is 10.4. The molecule has 0 aliphatic rings. The van der Waals surface area contributed by atoms with Gasteiger partial charge >= 0.3 is 0 Å². The fourth-order valence-corrected chi connectivity index (χ4v) is 3.36. The summed E-state index contributed by atoms with van der Waals surface area (Å²) in [7, 11) is 0. The standard InChI is InChI=1S/C26H22N4O3/c31-24(21-11-13-27-14-12-21)29-22-9-4-8-20(16-22)17-28-25(32)23-10-5-15-30(26(23)33)18-19-6-2-1-3-7-19/h1-16H,17-18H2,(H,28,32)(H,29,31). The van der Waals surface area contributed by atoms with Gasteiger partial charge in [0.25, 0.3) is 17.4 Å². The summed E-state index contributed by atoms with van der Waals surface area (Å²) in [5, 5.41) is 5.61. The molecule has 7 nitrogen and oxygen atoms in total. The molecule has 0 saturated carbocycles. The van der Waals surface area contributed by atoms with Crippen molar-refractivity contribution in [1.29, 1.82) is 0 Å². The number of hydrogen-bond acceptors (Lipinski definition) is 4. The first-order valence-electron chi connectivity index (χ1n) is 10.4. The molecule has 164 valence electrons. The maximum absolute atomic E-state index is 12.8.